The first-order valence-corrected chi connectivity index (χ1v) is 10.2. The van der Waals surface area contributed by atoms with Gasteiger partial charge in [-0.25, -0.2) is 0 Å². The van der Waals surface area contributed by atoms with Crippen LogP contribution >= 0.6 is 0 Å². The zero-order valence-corrected chi connectivity index (χ0v) is 18.8. The van der Waals surface area contributed by atoms with Gasteiger partial charge >= 0.3 is 0 Å². The third-order valence-electron chi connectivity index (χ3n) is 5.21. The molecule has 4 rings (SSSR count). The highest BCUT2D eigenvalue weighted by Gasteiger charge is 2.28. The highest BCUT2D eigenvalue weighted by molar-refractivity contribution is 5.95. The smallest absolute Gasteiger partial charge is 0.211 e. The van der Waals surface area contributed by atoms with Crippen LogP contribution in [-0.2, 0) is 6.61 Å². The van der Waals surface area contributed by atoms with Crippen LogP contribution in [-0.4, -0.2) is 28.4 Å². The number of ether oxygens (including phenoxy) is 5. The van der Waals surface area contributed by atoms with Gasteiger partial charge in [0.1, 0.15) is 23.5 Å². The first-order chi connectivity index (χ1) is 16.1. The lowest BCUT2D eigenvalue weighted by atomic mass is 10.1. The van der Waals surface area contributed by atoms with Gasteiger partial charge in [0.25, 0.3) is 0 Å². The van der Waals surface area contributed by atoms with E-state index < -0.39 is 0 Å². The minimum Gasteiger partial charge on any atom is -0.497 e. The average molecular weight is 448 g/mol. The Kier molecular flexibility index (Phi) is 6.40. The van der Waals surface area contributed by atoms with Crippen LogP contribution < -0.4 is 29.1 Å². The molecule has 0 unspecified atom stereocenters. The van der Waals surface area contributed by atoms with Crippen molar-refractivity contribution in [1.29, 1.82) is 0 Å². The van der Waals surface area contributed by atoms with Crippen molar-refractivity contribution in [1.82, 2.24) is 0 Å². The van der Waals surface area contributed by atoms with Crippen LogP contribution in [0.5, 0.6) is 28.7 Å². The predicted molar refractivity (Wildman–Crippen MR) is 125 cm³/mol. The number of hydrogen-bond acceptors (Lipinski definition) is 7. The van der Waals surface area contributed by atoms with E-state index in [4.69, 9.17) is 28.1 Å². The molecule has 0 spiro atoms. The van der Waals surface area contributed by atoms with Crippen LogP contribution in [0.4, 0.5) is 0 Å². The van der Waals surface area contributed by atoms with Crippen LogP contribution in [0.25, 0.3) is 22.3 Å². The van der Waals surface area contributed by atoms with E-state index in [1.807, 2.05) is 42.5 Å². The van der Waals surface area contributed by atoms with Gasteiger partial charge in [-0.2, -0.15) is 0 Å². The van der Waals surface area contributed by atoms with E-state index in [9.17, 15) is 4.79 Å². The molecule has 0 bridgehead atoms. The minimum absolute atomic E-state index is 0.204. The van der Waals surface area contributed by atoms with Crippen LogP contribution in [0, 0.1) is 0 Å². The van der Waals surface area contributed by atoms with Gasteiger partial charge in [-0.1, -0.05) is 30.3 Å². The molecule has 4 aromatic rings. The lowest BCUT2D eigenvalue weighted by molar-refractivity contribution is 0.259. The molecule has 0 amide bonds. The van der Waals surface area contributed by atoms with Gasteiger partial charge in [0.2, 0.25) is 17.2 Å². The lowest BCUT2D eigenvalue weighted by Crippen LogP contribution is -2.08. The quantitative estimate of drug-likeness (QED) is 0.372. The molecule has 0 saturated heterocycles. The lowest BCUT2D eigenvalue weighted by Gasteiger charge is -2.19. The van der Waals surface area contributed by atoms with E-state index in [0.717, 1.165) is 5.56 Å². The molecule has 0 N–H and O–H groups in total. The summed E-state index contributed by atoms with van der Waals surface area (Å²) in [5.41, 5.74) is 1.56. The van der Waals surface area contributed by atoms with E-state index in [1.165, 1.54) is 27.4 Å². The monoisotopic (exact) mass is 448 g/mol. The Bertz CT molecular complexity index is 1310. The molecule has 0 atom stereocenters. The molecule has 0 aliphatic carbocycles. The maximum atomic E-state index is 13.2. The van der Waals surface area contributed by atoms with Gasteiger partial charge in [-0.15, -0.1) is 0 Å². The molecule has 0 aliphatic rings. The standard InChI is InChI=1S/C26H24O7/c1-28-18-12-10-17(11-13-18)20-14-19(27)21-22(29-2)24(30-3)26(25(31-4)23(21)33-20)32-15-16-8-6-5-7-9-16/h5-14H,15H2,1-4H3. The topological polar surface area (TPSA) is 76.4 Å². The average Bonchev–Trinajstić information content (AvgIpc) is 2.86. The minimum atomic E-state index is -0.301. The van der Waals surface area contributed by atoms with Crippen molar-refractivity contribution < 1.29 is 28.1 Å². The molecule has 0 saturated carbocycles. The Hall–Kier alpha value is -4.13. The van der Waals surface area contributed by atoms with Crippen molar-refractivity contribution in [3.8, 4) is 40.1 Å². The summed E-state index contributed by atoms with van der Waals surface area (Å²) < 4.78 is 34.3. The van der Waals surface area contributed by atoms with E-state index in [0.29, 0.717) is 17.1 Å². The van der Waals surface area contributed by atoms with Crippen molar-refractivity contribution in [3.63, 3.8) is 0 Å². The van der Waals surface area contributed by atoms with Gasteiger partial charge in [-0.05, 0) is 29.8 Å². The van der Waals surface area contributed by atoms with E-state index in [2.05, 4.69) is 0 Å². The Labute approximate surface area is 191 Å². The zero-order chi connectivity index (χ0) is 23.4. The number of hydrogen-bond donors (Lipinski definition) is 0. The van der Waals surface area contributed by atoms with Gasteiger partial charge in [-0.3, -0.25) is 4.79 Å². The van der Waals surface area contributed by atoms with Crippen LogP contribution in [0.15, 0.2) is 69.9 Å². The van der Waals surface area contributed by atoms with Gasteiger partial charge < -0.3 is 28.1 Å². The summed E-state index contributed by atoms with van der Waals surface area (Å²) in [6.45, 7) is 0.255. The summed E-state index contributed by atoms with van der Waals surface area (Å²) in [6, 6.07) is 18.3. The Morgan fingerprint density at radius 1 is 0.727 bits per heavy atom. The second-order valence-electron chi connectivity index (χ2n) is 7.11. The molecule has 0 aliphatic heterocycles. The van der Waals surface area contributed by atoms with Crippen molar-refractivity contribution in [3.05, 3.63) is 76.5 Å². The molecule has 1 heterocycles. The number of fused-ring (bicyclic) bond motifs is 1. The number of benzene rings is 3. The van der Waals surface area contributed by atoms with Crippen molar-refractivity contribution in [2.75, 3.05) is 28.4 Å². The first-order valence-electron chi connectivity index (χ1n) is 10.2. The summed E-state index contributed by atoms with van der Waals surface area (Å²) in [6.07, 6.45) is 0. The molecule has 7 nitrogen and oxygen atoms in total. The maximum absolute atomic E-state index is 13.2. The third kappa shape index (κ3) is 4.17. The molecule has 3 aromatic carbocycles. The van der Waals surface area contributed by atoms with Gasteiger partial charge in [0.05, 0.1) is 28.4 Å². The van der Waals surface area contributed by atoms with Crippen molar-refractivity contribution >= 4 is 11.0 Å². The van der Waals surface area contributed by atoms with Crippen LogP contribution in [0.3, 0.4) is 0 Å². The first kappa shape index (κ1) is 22.1. The summed E-state index contributed by atoms with van der Waals surface area (Å²) >= 11 is 0. The zero-order valence-electron chi connectivity index (χ0n) is 18.8. The summed E-state index contributed by atoms with van der Waals surface area (Å²) in [5, 5.41) is 0.204. The second kappa shape index (κ2) is 9.56. The molecule has 0 radical (unpaired) electrons. The molecule has 33 heavy (non-hydrogen) atoms. The van der Waals surface area contributed by atoms with E-state index in [1.54, 1.807) is 19.2 Å². The highest BCUT2D eigenvalue weighted by Crippen LogP contribution is 2.50. The summed E-state index contributed by atoms with van der Waals surface area (Å²) in [7, 11) is 6.01. The van der Waals surface area contributed by atoms with E-state index in [-0.39, 0.29) is 46.0 Å². The Morgan fingerprint density at radius 2 is 1.39 bits per heavy atom. The van der Waals surface area contributed by atoms with Gasteiger partial charge in [0, 0.05) is 11.6 Å². The molecule has 1 aromatic heterocycles. The third-order valence-corrected chi connectivity index (χ3v) is 5.21. The molecule has 7 heteroatoms. The van der Waals surface area contributed by atoms with Crippen LogP contribution in [0.1, 0.15) is 5.56 Å². The highest BCUT2D eigenvalue weighted by atomic mass is 16.6. The second-order valence-corrected chi connectivity index (χ2v) is 7.11. The summed E-state index contributed by atoms with van der Waals surface area (Å²) in [5.74, 6) is 2.06. The molecule has 0 fully saturated rings. The van der Waals surface area contributed by atoms with Crippen molar-refractivity contribution in [2.24, 2.45) is 0 Å². The molecular weight excluding hydrogens is 424 g/mol. The molecular formula is C26H24O7. The Morgan fingerprint density at radius 3 is 2.00 bits per heavy atom. The largest absolute Gasteiger partial charge is 0.497 e. The fraction of sp³-hybridized carbons (Fsp3) is 0.192. The van der Waals surface area contributed by atoms with Crippen LogP contribution in [0.2, 0.25) is 0 Å². The van der Waals surface area contributed by atoms with Crippen molar-refractivity contribution in [2.45, 2.75) is 6.61 Å². The summed E-state index contributed by atoms with van der Waals surface area (Å²) in [4.78, 5) is 13.2. The fourth-order valence-electron chi connectivity index (χ4n) is 3.62. The number of rotatable bonds is 8. The van der Waals surface area contributed by atoms with Gasteiger partial charge in [0.15, 0.2) is 16.8 Å². The SMILES string of the molecule is COc1ccc(-c2cc(=O)c3c(OC)c(OC)c(OCc4ccccc4)c(OC)c3o2)cc1. The maximum Gasteiger partial charge on any atom is 0.211 e. The fourth-order valence-corrected chi connectivity index (χ4v) is 3.62. The predicted octanol–water partition coefficient (Wildman–Crippen LogP) is 5.07. The molecule has 170 valence electrons. The normalized spacial score (nSPS) is 10.7. The Balaban J connectivity index is 1.93. The number of methoxy groups -OCH3 is 4. The van der Waals surface area contributed by atoms with E-state index >= 15 is 0 Å².